The molecule has 2 nitrogen and oxygen atoms in total. The van der Waals surface area contributed by atoms with Crippen molar-refractivity contribution in [1.29, 1.82) is 0 Å². The molecule has 3 heteroatoms. The summed E-state index contributed by atoms with van der Waals surface area (Å²) >= 11 is 3.25. The Bertz CT molecular complexity index is 370. The summed E-state index contributed by atoms with van der Waals surface area (Å²) in [6.07, 6.45) is 0. The van der Waals surface area contributed by atoms with Crippen molar-refractivity contribution < 1.29 is 4.79 Å². The van der Waals surface area contributed by atoms with Crippen molar-refractivity contribution >= 4 is 21.7 Å². The topological polar surface area (TPSA) is 29.1 Å². The van der Waals surface area contributed by atoms with Crippen LogP contribution in [-0.4, -0.2) is 5.78 Å². The maximum absolute atomic E-state index is 11.1. The van der Waals surface area contributed by atoms with E-state index in [-0.39, 0.29) is 5.78 Å². The Morgan fingerprint density at radius 2 is 1.87 bits per heavy atom. The number of allylic oxidation sites excluding steroid dienone is 2. The zero-order valence-corrected chi connectivity index (χ0v) is 10.5. The van der Waals surface area contributed by atoms with Crippen LogP contribution in [0.15, 0.2) is 40.5 Å². The molecule has 0 spiro atoms. The van der Waals surface area contributed by atoms with E-state index in [2.05, 4.69) is 21.2 Å². The highest BCUT2D eigenvalue weighted by Crippen LogP contribution is 2.11. The van der Waals surface area contributed by atoms with Crippen molar-refractivity contribution in [2.45, 2.75) is 20.4 Å². The lowest BCUT2D eigenvalue weighted by molar-refractivity contribution is -0.112. The summed E-state index contributed by atoms with van der Waals surface area (Å²) in [7, 11) is 0. The predicted molar refractivity (Wildman–Crippen MR) is 65.6 cm³/mol. The fraction of sp³-hybridized carbons (Fsp3) is 0.250. The summed E-state index contributed by atoms with van der Waals surface area (Å²) in [5.74, 6) is 0.0352. The van der Waals surface area contributed by atoms with Gasteiger partial charge in [0.1, 0.15) is 0 Å². The number of halogens is 1. The summed E-state index contributed by atoms with van der Waals surface area (Å²) in [5.41, 5.74) is 2.06. The van der Waals surface area contributed by atoms with Crippen LogP contribution >= 0.6 is 15.9 Å². The van der Waals surface area contributed by atoms with Crippen LogP contribution in [0, 0.1) is 0 Å². The first kappa shape index (κ1) is 12.0. The number of rotatable bonds is 4. The molecule has 0 saturated heterocycles. The maximum atomic E-state index is 11.1. The fourth-order valence-corrected chi connectivity index (χ4v) is 1.31. The standard InChI is InChI=1S/C12H14BrNO/c1-9(12(13)10(2)15)14-8-11-6-4-3-5-7-11/h3-7,14H,8H2,1-2H3/b12-9+. The van der Waals surface area contributed by atoms with E-state index in [1.807, 2.05) is 37.3 Å². The Morgan fingerprint density at radius 1 is 1.27 bits per heavy atom. The molecular formula is C12H14BrNO. The van der Waals surface area contributed by atoms with E-state index in [0.717, 1.165) is 12.2 Å². The lowest BCUT2D eigenvalue weighted by Gasteiger charge is -2.08. The predicted octanol–water partition coefficient (Wildman–Crippen LogP) is 2.99. The van der Waals surface area contributed by atoms with Gasteiger partial charge in [-0.1, -0.05) is 30.3 Å². The van der Waals surface area contributed by atoms with Crippen LogP contribution in [0.25, 0.3) is 0 Å². The molecule has 0 bridgehead atoms. The lowest BCUT2D eigenvalue weighted by Crippen LogP contribution is -2.13. The largest absolute Gasteiger partial charge is 0.383 e. The Hall–Kier alpha value is -1.09. The van der Waals surface area contributed by atoms with E-state index in [0.29, 0.717) is 4.48 Å². The number of Topliss-reactive ketones (excluding diaryl/α,β-unsaturated/α-hetero) is 1. The van der Waals surface area contributed by atoms with E-state index in [1.165, 1.54) is 12.5 Å². The summed E-state index contributed by atoms with van der Waals surface area (Å²) in [6.45, 7) is 4.15. The van der Waals surface area contributed by atoms with Crippen LogP contribution in [0.4, 0.5) is 0 Å². The van der Waals surface area contributed by atoms with Gasteiger partial charge in [0.25, 0.3) is 0 Å². The van der Waals surface area contributed by atoms with Gasteiger partial charge in [0.05, 0.1) is 4.48 Å². The quantitative estimate of drug-likeness (QED) is 0.850. The summed E-state index contributed by atoms with van der Waals surface area (Å²) in [5, 5.41) is 3.19. The van der Waals surface area contributed by atoms with Crippen LogP contribution in [0.3, 0.4) is 0 Å². The summed E-state index contributed by atoms with van der Waals surface area (Å²) in [6, 6.07) is 10.1. The Morgan fingerprint density at radius 3 is 2.40 bits per heavy atom. The van der Waals surface area contributed by atoms with Crippen molar-refractivity contribution in [1.82, 2.24) is 5.32 Å². The summed E-state index contributed by atoms with van der Waals surface area (Å²) < 4.78 is 0.610. The molecule has 15 heavy (non-hydrogen) atoms. The number of nitrogens with one attached hydrogen (secondary N) is 1. The molecule has 1 N–H and O–H groups in total. The van der Waals surface area contributed by atoms with Gasteiger partial charge in [0.2, 0.25) is 0 Å². The highest BCUT2D eigenvalue weighted by Gasteiger charge is 2.03. The first-order valence-electron chi connectivity index (χ1n) is 4.76. The molecule has 1 rings (SSSR count). The molecule has 0 aliphatic carbocycles. The van der Waals surface area contributed by atoms with Gasteiger partial charge in [-0.15, -0.1) is 0 Å². The zero-order valence-electron chi connectivity index (χ0n) is 8.88. The third-order valence-electron chi connectivity index (χ3n) is 2.04. The number of ketones is 1. The Labute approximate surface area is 98.5 Å². The van der Waals surface area contributed by atoms with Crippen molar-refractivity contribution in [3.8, 4) is 0 Å². The third kappa shape index (κ3) is 3.88. The molecule has 0 saturated carbocycles. The monoisotopic (exact) mass is 267 g/mol. The van der Waals surface area contributed by atoms with Crippen LogP contribution in [0.5, 0.6) is 0 Å². The van der Waals surface area contributed by atoms with Gasteiger partial charge in [-0.3, -0.25) is 4.79 Å². The Kier molecular flexibility index (Phi) is 4.56. The van der Waals surface area contributed by atoms with E-state index in [4.69, 9.17) is 0 Å². The molecule has 0 atom stereocenters. The van der Waals surface area contributed by atoms with Crippen molar-refractivity contribution in [2.24, 2.45) is 0 Å². The number of carbonyl (C=O) groups is 1. The highest BCUT2D eigenvalue weighted by molar-refractivity contribution is 9.12. The molecule has 80 valence electrons. The number of carbonyl (C=O) groups excluding carboxylic acids is 1. The van der Waals surface area contributed by atoms with Crippen molar-refractivity contribution in [3.05, 3.63) is 46.1 Å². The van der Waals surface area contributed by atoms with Crippen molar-refractivity contribution in [2.75, 3.05) is 0 Å². The molecule has 0 amide bonds. The van der Waals surface area contributed by atoms with Gasteiger partial charge in [-0.05, 0) is 35.3 Å². The molecule has 0 heterocycles. The van der Waals surface area contributed by atoms with Gasteiger partial charge in [0.15, 0.2) is 5.78 Å². The second-order valence-electron chi connectivity index (χ2n) is 3.33. The second-order valence-corrected chi connectivity index (χ2v) is 4.13. The highest BCUT2D eigenvalue weighted by atomic mass is 79.9. The van der Waals surface area contributed by atoms with Crippen LogP contribution < -0.4 is 5.32 Å². The average Bonchev–Trinajstić information content (AvgIpc) is 2.26. The first-order valence-corrected chi connectivity index (χ1v) is 5.55. The van der Waals surface area contributed by atoms with E-state index >= 15 is 0 Å². The first-order chi connectivity index (χ1) is 7.11. The van der Waals surface area contributed by atoms with Crippen LogP contribution in [0.1, 0.15) is 19.4 Å². The van der Waals surface area contributed by atoms with Crippen LogP contribution in [-0.2, 0) is 11.3 Å². The SMILES string of the molecule is CC(=O)/C(Br)=C(/C)NCc1ccccc1. The smallest absolute Gasteiger partial charge is 0.168 e. The minimum Gasteiger partial charge on any atom is -0.383 e. The van der Waals surface area contributed by atoms with Crippen molar-refractivity contribution in [3.63, 3.8) is 0 Å². The fourth-order valence-electron chi connectivity index (χ4n) is 1.17. The van der Waals surface area contributed by atoms with E-state index < -0.39 is 0 Å². The van der Waals surface area contributed by atoms with Crippen LogP contribution in [0.2, 0.25) is 0 Å². The molecule has 0 unspecified atom stereocenters. The molecular weight excluding hydrogens is 254 g/mol. The molecule has 0 radical (unpaired) electrons. The number of benzene rings is 1. The molecule has 1 aromatic rings. The van der Waals surface area contributed by atoms with Gasteiger partial charge in [-0.2, -0.15) is 0 Å². The molecule has 0 aromatic heterocycles. The molecule has 0 fully saturated rings. The number of hydrogen-bond donors (Lipinski definition) is 1. The van der Waals surface area contributed by atoms with Gasteiger partial charge in [-0.25, -0.2) is 0 Å². The minimum atomic E-state index is 0.0352. The Balaban J connectivity index is 2.58. The molecule has 1 aromatic carbocycles. The van der Waals surface area contributed by atoms with Gasteiger partial charge >= 0.3 is 0 Å². The molecule has 0 aliphatic heterocycles. The van der Waals surface area contributed by atoms with E-state index in [1.54, 1.807) is 0 Å². The maximum Gasteiger partial charge on any atom is 0.168 e. The lowest BCUT2D eigenvalue weighted by atomic mass is 10.2. The minimum absolute atomic E-state index is 0.0352. The number of hydrogen-bond acceptors (Lipinski definition) is 2. The normalized spacial score (nSPS) is 11.9. The zero-order chi connectivity index (χ0) is 11.3. The van der Waals surface area contributed by atoms with E-state index in [9.17, 15) is 4.79 Å². The third-order valence-corrected chi connectivity index (χ3v) is 3.19. The average molecular weight is 268 g/mol. The second kappa shape index (κ2) is 5.71. The van der Waals surface area contributed by atoms with Gasteiger partial charge in [0, 0.05) is 12.2 Å². The van der Waals surface area contributed by atoms with Gasteiger partial charge < -0.3 is 5.32 Å². The summed E-state index contributed by atoms with van der Waals surface area (Å²) in [4.78, 5) is 11.1. The molecule has 0 aliphatic rings.